The van der Waals surface area contributed by atoms with Gasteiger partial charge in [0.15, 0.2) is 5.65 Å². The molecule has 0 saturated carbocycles. The topological polar surface area (TPSA) is 71.0 Å². The molecule has 3 aromatic rings. The lowest BCUT2D eigenvalue weighted by molar-refractivity contribution is -0.125. The van der Waals surface area contributed by atoms with Gasteiger partial charge in [-0.1, -0.05) is 23.7 Å². The number of benzene rings is 1. The first-order valence-corrected chi connectivity index (χ1v) is 9.41. The summed E-state index contributed by atoms with van der Waals surface area (Å²) >= 11 is 6.00. The zero-order valence-electron chi connectivity index (χ0n) is 14.8. The largest absolute Gasteiger partial charge is 0.369 e. The van der Waals surface area contributed by atoms with E-state index in [-0.39, 0.29) is 11.8 Å². The molecule has 4 rings (SSSR count). The molecule has 1 saturated heterocycles. The van der Waals surface area contributed by atoms with Crippen LogP contribution in [0.1, 0.15) is 18.4 Å². The van der Waals surface area contributed by atoms with Crippen molar-refractivity contribution in [3.8, 4) is 0 Å². The number of aromatic nitrogens is 3. The number of carbonyl (C=O) groups excluding carboxylic acids is 1. The molecule has 1 aromatic carbocycles. The summed E-state index contributed by atoms with van der Waals surface area (Å²) in [6.45, 7) is 2.07. The smallest absolute Gasteiger partial charge is 0.225 e. The Labute approximate surface area is 162 Å². The standard InChI is InChI=1S/C20H20ClN5O/c21-16-5-1-3-14(9-16)11-25-20(27)15-4-2-8-26(13-15)17-10-18-19(24-12-17)23-7-6-22-18/h1,3,5-7,9-10,12,15H,2,4,8,11,13H2,(H,25,27)/t15-/m1/s1. The van der Waals surface area contributed by atoms with E-state index in [1.165, 1.54) is 0 Å². The number of anilines is 1. The molecule has 1 N–H and O–H groups in total. The minimum atomic E-state index is -0.0458. The molecule has 0 unspecified atom stereocenters. The van der Waals surface area contributed by atoms with E-state index in [4.69, 9.17) is 11.6 Å². The van der Waals surface area contributed by atoms with Crippen LogP contribution in [0.3, 0.4) is 0 Å². The molecular formula is C20H20ClN5O. The van der Waals surface area contributed by atoms with Gasteiger partial charge in [0.1, 0.15) is 5.52 Å². The van der Waals surface area contributed by atoms with Gasteiger partial charge in [0.05, 0.1) is 17.8 Å². The molecule has 0 bridgehead atoms. The predicted octanol–water partition coefficient (Wildman–Crippen LogP) is 3.21. The van der Waals surface area contributed by atoms with Gasteiger partial charge in [0, 0.05) is 37.1 Å². The van der Waals surface area contributed by atoms with Crippen LogP contribution in [0.2, 0.25) is 5.02 Å². The lowest BCUT2D eigenvalue weighted by atomic mass is 9.96. The fraction of sp³-hybridized carbons (Fsp3) is 0.300. The van der Waals surface area contributed by atoms with Crippen molar-refractivity contribution in [2.75, 3.05) is 18.0 Å². The minimum absolute atomic E-state index is 0.0458. The first-order valence-electron chi connectivity index (χ1n) is 9.03. The van der Waals surface area contributed by atoms with Gasteiger partial charge in [-0.2, -0.15) is 0 Å². The van der Waals surface area contributed by atoms with E-state index in [2.05, 4.69) is 25.2 Å². The SMILES string of the molecule is O=C(NCc1cccc(Cl)c1)[C@@H]1CCCN(c2cnc3nccnc3c2)C1. The summed E-state index contributed by atoms with van der Waals surface area (Å²) in [5.74, 6) is 0.0312. The molecule has 1 aliphatic rings. The van der Waals surface area contributed by atoms with Gasteiger partial charge in [-0.25, -0.2) is 9.97 Å². The van der Waals surface area contributed by atoms with Gasteiger partial charge in [0.25, 0.3) is 0 Å². The van der Waals surface area contributed by atoms with E-state index in [0.717, 1.165) is 36.2 Å². The molecule has 138 valence electrons. The number of pyridine rings is 1. The van der Waals surface area contributed by atoms with Crippen molar-refractivity contribution in [2.45, 2.75) is 19.4 Å². The van der Waals surface area contributed by atoms with Crippen molar-refractivity contribution in [1.29, 1.82) is 0 Å². The van der Waals surface area contributed by atoms with Gasteiger partial charge in [-0.3, -0.25) is 9.78 Å². The van der Waals surface area contributed by atoms with Gasteiger partial charge < -0.3 is 10.2 Å². The van der Waals surface area contributed by atoms with Gasteiger partial charge >= 0.3 is 0 Å². The van der Waals surface area contributed by atoms with E-state index in [9.17, 15) is 4.79 Å². The van der Waals surface area contributed by atoms with Crippen molar-refractivity contribution < 1.29 is 4.79 Å². The van der Waals surface area contributed by atoms with Crippen molar-refractivity contribution in [1.82, 2.24) is 20.3 Å². The van der Waals surface area contributed by atoms with Crippen LogP contribution in [-0.2, 0) is 11.3 Å². The summed E-state index contributed by atoms with van der Waals surface area (Å²) in [4.78, 5) is 27.7. The number of piperidine rings is 1. The Morgan fingerprint density at radius 2 is 2.11 bits per heavy atom. The van der Waals surface area contributed by atoms with E-state index >= 15 is 0 Å². The third-order valence-corrected chi connectivity index (χ3v) is 5.06. The average Bonchev–Trinajstić information content (AvgIpc) is 2.72. The number of halogens is 1. The van der Waals surface area contributed by atoms with Crippen LogP contribution < -0.4 is 10.2 Å². The summed E-state index contributed by atoms with van der Waals surface area (Å²) in [7, 11) is 0. The maximum absolute atomic E-state index is 12.6. The molecule has 0 spiro atoms. The first-order chi connectivity index (χ1) is 13.2. The molecule has 2 aromatic heterocycles. The number of rotatable bonds is 4. The Balaban J connectivity index is 1.41. The highest BCUT2D eigenvalue weighted by Gasteiger charge is 2.26. The second kappa shape index (κ2) is 7.88. The fourth-order valence-corrected chi connectivity index (χ4v) is 3.64. The molecule has 0 radical (unpaired) electrons. The zero-order chi connectivity index (χ0) is 18.6. The van der Waals surface area contributed by atoms with E-state index in [1.807, 2.05) is 36.5 Å². The highest BCUT2D eigenvalue weighted by molar-refractivity contribution is 6.30. The maximum atomic E-state index is 12.6. The summed E-state index contributed by atoms with van der Waals surface area (Å²) in [6, 6.07) is 9.54. The highest BCUT2D eigenvalue weighted by atomic mass is 35.5. The number of hydrogen-bond acceptors (Lipinski definition) is 5. The maximum Gasteiger partial charge on any atom is 0.225 e. The van der Waals surface area contributed by atoms with Crippen LogP contribution in [0, 0.1) is 5.92 Å². The third-order valence-electron chi connectivity index (χ3n) is 4.82. The van der Waals surface area contributed by atoms with Crippen LogP contribution in [0.15, 0.2) is 48.9 Å². The number of nitrogens with one attached hydrogen (secondary N) is 1. The second-order valence-electron chi connectivity index (χ2n) is 6.73. The van der Waals surface area contributed by atoms with Crippen molar-refractivity contribution >= 4 is 34.4 Å². The summed E-state index contributed by atoms with van der Waals surface area (Å²) in [5.41, 5.74) is 3.38. The fourth-order valence-electron chi connectivity index (χ4n) is 3.43. The molecule has 1 amide bonds. The van der Waals surface area contributed by atoms with Crippen LogP contribution in [0.4, 0.5) is 5.69 Å². The molecule has 27 heavy (non-hydrogen) atoms. The third kappa shape index (κ3) is 4.17. The van der Waals surface area contributed by atoms with Crippen LogP contribution in [0.25, 0.3) is 11.2 Å². The van der Waals surface area contributed by atoms with Crippen LogP contribution in [-0.4, -0.2) is 33.9 Å². The second-order valence-corrected chi connectivity index (χ2v) is 7.16. The van der Waals surface area contributed by atoms with Gasteiger partial charge in [-0.15, -0.1) is 0 Å². The summed E-state index contributed by atoms with van der Waals surface area (Å²) in [5, 5.41) is 3.71. The van der Waals surface area contributed by atoms with E-state index < -0.39 is 0 Å². The zero-order valence-corrected chi connectivity index (χ0v) is 15.6. The molecule has 1 fully saturated rings. The lowest BCUT2D eigenvalue weighted by Crippen LogP contribution is -2.43. The molecule has 6 nitrogen and oxygen atoms in total. The Bertz CT molecular complexity index is 964. The van der Waals surface area contributed by atoms with Crippen LogP contribution >= 0.6 is 11.6 Å². The van der Waals surface area contributed by atoms with Crippen LogP contribution in [0.5, 0.6) is 0 Å². The number of nitrogens with zero attached hydrogens (tertiary/aromatic N) is 4. The average molecular weight is 382 g/mol. The van der Waals surface area contributed by atoms with Crippen molar-refractivity contribution in [3.63, 3.8) is 0 Å². The molecule has 0 aliphatic carbocycles. The van der Waals surface area contributed by atoms with Crippen molar-refractivity contribution in [3.05, 3.63) is 59.5 Å². The number of amides is 1. The Kier molecular flexibility index (Phi) is 5.16. The van der Waals surface area contributed by atoms with Gasteiger partial charge in [-0.05, 0) is 36.6 Å². The van der Waals surface area contributed by atoms with Crippen molar-refractivity contribution in [2.24, 2.45) is 5.92 Å². The number of fused-ring (bicyclic) bond motifs is 1. The summed E-state index contributed by atoms with van der Waals surface area (Å²) in [6.07, 6.45) is 6.96. The Morgan fingerprint density at radius 1 is 1.22 bits per heavy atom. The molecular weight excluding hydrogens is 362 g/mol. The monoisotopic (exact) mass is 381 g/mol. The quantitative estimate of drug-likeness (QED) is 0.751. The summed E-state index contributed by atoms with van der Waals surface area (Å²) < 4.78 is 0. The molecule has 1 aliphatic heterocycles. The Hall–Kier alpha value is -2.73. The normalized spacial score (nSPS) is 17.1. The Morgan fingerprint density at radius 3 is 3.00 bits per heavy atom. The molecule has 7 heteroatoms. The predicted molar refractivity (Wildman–Crippen MR) is 106 cm³/mol. The molecule has 1 atom stereocenters. The van der Waals surface area contributed by atoms with E-state index in [1.54, 1.807) is 12.4 Å². The van der Waals surface area contributed by atoms with Gasteiger partial charge in [0.2, 0.25) is 5.91 Å². The molecule has 3 heterocycles. The first kappa shape index (κ1) is 17.7. The lowest BCUT2D eigenvalue weighted by Gasteiger charge is -2.33. The minimum Gasteiger partial charge on any atom is -0.369 e. The number of hydrogen-bond donors (Lipinski definition) is 1. The van der Waals surface area contributed by atoms with E-state index in [0.29, 0.717) is 23.8 Å². The highest BCUT2D eigenvalue weighted by Crippen LogP contribution is 2.24. The number of carbonyl (C=O) groups is 1.